The van der Waals surface area contributed by atoms with Crippen molar-refractivity contribution in [2.45, 2.75) is 38.2 Å². The standard InChI is InChI=1S/C18H23NO2/c1-4-17(14-10-12-19-13-11-14)18(20,5-2)15-6-8-16(21-3)9-7-15/h6-13,17,20H,4-5H2,1-3H3/t17-,18-/m0/s1. The zero-order valence-corrected chi connectivity index (χ0v) is 12.9. The van der Waals surface area contributed by atoms with Gasteiger partial charge < -0.3 is 9.84 Å². The summed E-state index contributed by atoms with van der Waals surface area (Å²) in [7, 11) is 1.65. The Morgan fingerprint density at radius 3 is 2.19 bits per heavy atom. The Kier molecular flexibility index (Phi) is 4.97. The molecule has 0 aliphatic heterocycles. The van der Waals surface area contributed by atoms with E-state index >= 15 is 0 Å². The number of ether oxygens (including phenoxy) is 1. The lowest BCUT2D eigenvalue weighted by Crippen LogP contribution is -2.32. The van der Waals surface area contributed by atoms with Crippen LogP contribution in [0.3, 0.4) is 0 Å². The number of aromatic nitrogens is 1. The van der Waals surface area contributed by atoms with E-state index in [9.17, 15) is 5.11 Å². The van der Waals surface area contributed by atoms with Crippen LogP contribution in [0.1, 0.15) is 43.7 Å². The molecule has 2 atom stereocenters. The molecule has 21 heavy (non-hydrogen) atoms. The van der Waals surface area contributed by atoms with Gasteiger partial charge in [0.15, 0.2) is 0 Å². The van der Waals surface area contributed by atoms with E-state index in [1.54, 1.807) is 19.5 Å². The van der Waals surface area contributed by atoms with E-state index in [-0.39, 0.29) is 5.92 Å². The highest BCUT2D eigenvalue weighted by Gasteiger charge is 2.36. The number of aliphatic hydroxyl groups is 1. The van der Waals surface area contributed by atoms with Gasteiger partial charge in [0.25, 0.3) is 0 Å². The van der Waals surface area contributed by atoms with Crippen LogP contribution in [-0.4, -0.2) is 17.2 Å². The average molecular weight is 285 g/mol. The highest BCUT2D eigenvalue weighted by molar-refractivity contribution is 5.34. The summed E-state index contributed by atoms with van der Waals surface area (Å²) >= 11 is 0. The van der Waals surface area contributed by atoms with Crippen LogP contribution < -0.4 is 4.74 Å². The summed E-state index contributed by atoms with van der Waals surface area (Å²) in [6.07, 6.45) is 5.07. The monoisotopic (exact) mass is 285 g/mol. The Morgan fingerprint density at radius 2 is 1.71 bits per heavy atom. The van der Waals surface area contributed by atoms with E-state index in [0.29, 0.717) is 6.42 Å². The second kappa shape index (κ2) is 6.72. The van der Waals surface area contributed by atoms with Crippen molar-refractivity contribution in [3.63, 3.8) is 0 Å². The van der Waals surface area contributed by atoms with Crippen molar-refractivity contribution < 1.29 is 9.84 Å². The molecule has 0 radical (unpaired) electrons. The molecule has 3 nitrogen and oxygen atoms in total. The zero-order chi connectivity index (χ0) is 15.3. The van der Waals surface area contributed by atoms with Crippen molar-refractivity contribution >= 4 is 0 Å². The fourth-order valence-electron chi connectivity index (χ4n) is 2.98. The lowest BCUT2D eigenvalue weighted by molar-refractivity contribution is 0.00142. The molecule has 1 aromatic heterocycles. The first-order valence-electron chi connectivity index (χ1n) is 7.42. The zero-order valence-electron chi connectivity index (χ0n) is 12.9. The molecule has 1 N–H and O–H groups in total. The van der Waals surface area contributed by atoms with Gasteiger partial charge in [-0.15, -0.1) is 0 Å². The molecular formula is C18H23NO2. The van der Waals surface area contributed by atoms with Crippen LogP contribution in [0.2, 0.25) is 0 Å². The maximum absolute atomic E-state index is 11.3. The molecule has 1 aromatic carbocycles. The van der Waals surface area contributed by atoms with Gasteiger partial charge >= 0.3 is 0 Å². The van der Waals surface area contributed by atoms with Crippen LogP contribution in [0.5, 0.6) is 5.75 Å². The molecule has 2 rings (SSSR count). The fraction of sp³-hybridized carbons (Fsp3) is 0.389. The SMILES string of the molecule is CC[C@@H](c1ccncc1)[C@](O)(CC)c1ccc(OC)cc1. The second-order valence-electron chi connectivity index (χ2n) is 5.25. The smallest absolute Gasteiger partial charge is 0.118 e. The van der Waals surface area contributed by atoms with Crippen LogP contribution in [0.15, 0.2) is 48.8 Å². The number of hydrogen-bond donors (Lipinski definition) is 1. The van der Waals surface area contributed by atoms with Gasteiger partial charge in [0.05, 0.1) is 12.7 Å². The molecule has 0 amide bonds. The van der Waals surface area contributed by atoms with E-state index < -0.39 is 5.60 Å². The maximum atomic E-state index is 11.3. The molecule has 3 heteroatoms. The molecule has 1 heterocycles. The third-order valence-corrected chi connectivity index (χ3v) is 4.22. The van der Waals surface area contributed by atoms with Crippen molar-refractivity contribution in [2.24, 2.45) is 0 Å². The van der Waals surface area contributed by atoms with Crippen molar-refractivity contribution in [3.8, 4) is 5.75 Å². The van der Waals surface area contributed by atoms with Gasteiger partial charge in [0.1, 0.15) is 5.75 Å². The van der Waals surface area contributed by atoms with Gasteiger partial charge in [-0.05, 0) is 48.2 Å². The van der Waals surface area contributed by atoms with Gasteiger partial charge in [0.2, 0.25) is 0 Å². The number of nitrogens with zero attached hydrogens (tertiary/aromatic N) is 1. The number of methoxy groups -OCH3 is 1. The maximum Gasteiger partial charge on any atom is 0.118 e. The minimum absolute atomic E-state index is 0.0406. The van der Waals surface area contributed by atoms with Crippen molar-refractivity contribution in [2.75, 3.05) is 7.11 Å². The Balaban J connectivity index is 2.42. The predicted molar refractivity (Wildman–Crippen MR) is 84.5 cm³/mol. The van der Waals surface area contributed by atoms with Gasteiger partial charge in [-0.25, -0.2) is 0 Å². The molecular weight excluding hydrogens is 262 g/mol. The van der Waals surface area contributed by atoms with Gasteiger partial charge in [-0.2, -0.15) is 0 Å². The van der Waals surface area contributed by atoms with Crippen molar-refractivity contribution in [1.82, 2.24) is 4.98 Å². The number of benzene rings is 1. The van der Waals surface area contributed by atoms with Gasteiger partial charge in [-0.1, -0.05) is 26.0 Å². The first kappa shape index (κ1) is 15.5. The third-order valence-electron chi connectivity index (χ3n) is 4.22. The van der Waals surface area contributed by atoms with Crippen molar-refractivity contribution in [1.29, 1.82) is 0 Å². The van der Waals surface area contributed by atoms with E-state index in [1.807, 2.05) is 43.3 Å². The van der Waals surface area contributed by atoms with E-state index in [2.05, 4.69) is 11.9 Å². The summed E-state index contributed by atoms with van der Waals surface area (Å²) in [6.45, 7) is 4.13. The van der Waals surface area contributed by atoms with Crippen LogP contribution in [0.4, 0.5) is 0 Å². The number of rotatable bonds is 6. The van der Waals surface area contributed by atoms with E-state index in [0.717, 1.165) is 23.3 Å². The van der Waals surface area contributed by atoms with Crippen LogP contribution in [0.25, 0.3) is 0 Å². The Labute approximate surface area is 126 Å². The molecule has 0 fully saturated rings. The third kappa shape index (κ3) is 3.08. The largest absolute Gasteiger partial charge is 0.497 e. The van der Waals surface area contributed by atoms with Crippen LogP contribution in [-0.2, 0) is 5.60 Å². The quantitative estimate of drug-likeness (QED) is 0.875. The minimum atomic E-state index is -0.887. The van der Waals surface area contributed by atoms with E-state index in [4.69, 9.17) is 4.74 Å². The minimum Gasteiger partial charge on any atom is -0.497 e. The first-order chi connectivity index (χ1) is 10.2. The highest BCUT2D eigenvalue weighted by Crippen LogP contribution is 2.41. The fourth-order valence-corrected chi connectivity index (χ4v) is 2.98. The molecule has 0 saturated carbocycles. The summed E-state index contributed by atoms with van der Waals surface area (Å²) in [5.41, 5.74) is 1.16. The topological polar surface area (TPSA) is 42.4 Å². The molecule has 0 unspecified atom stereocenters. The van der Waals surface area contributed by atoms with Crippen molar-refractivity contribution in [3.05, 3.63) is 59.9 Å². The highest BCUT2D eigenvalue weighted by atomic mass is 16.5. The average Bonchev–Trinajstić information content (AvgIpc) is 2.56. The molecule has 0 spiro atoms. The lowest BCUT2D eigenvalue weighted by atomic mass is 9.74. The summed E-state index contributed by atoms with van der Waals surface area (Å²) in [6, 6.07) is 11.7. The molecule has 0 saturated heterocycles. The molecule has 0 bridgehead atoms. The number of pyridine rings is 1. The summed E-state index contributed by atoms with van der Waals surface area (Å²) in [5.74, 6) is 0.841. The van der Waals surface area contributed by atoms with Gasteiger partial charge in [-0.3, -0.25) is 4.98 Å². The Bertz CT molecular complexity index is 553. The lowest BCUT2D eigenvalue weighted by Gasteiger charge is -2.36. The second-order valence-corrected chi connectivity index (χ2v) is 5.25. The summed E-state index contributed by atoms with van der Waals surface area (Å²) in [5, 5.41) is 11.3. The Hall–Kier alpha value is -1.87. The first-order valence-corrected chi connectivity index (χ1v) is 7.42. The van der Waals surface area contributed by atoms with Crippen LogP contribution >= 0.6 is 0 Å². The normalized spacial score (nSPS) is 15.2. The Morgan fingerprint density at radius 1 is 1.10 bits per heavy atom. The number of hydrogen-bond acceptors (Lipinski definition) is 3. The predicted octanol–water partition coefficient (Wildman–Crippen LogP) is 3.88. The molecule has 2 aromatic rings. The van der Waals surface area contributed by atoms with Crippen LogP contribution in [0, 0.1) is 0 Å². The summed E-state index contributed by atoms with van der Waals surface area (Å²) < 4.78 is 5.20. The molecule has 0 aliphatic rings. The van der Waals surface area contributed by atoms with E-state index in [1.165, 1.54) is 0 Å². The van der Waals surface area contributed by atoms with Gasteiger partial charge in [0, 0.05) is 18.3 Å². The summed E-state index contributed by atoms with van der Waals surface area (Å²) in [4.78, 5) is 4.07. The molecule has 0 aliphatic carbocycles. The molecule has 112 valence electrons.